The molecule has 0 saturated carbocycles. The van der Waals surface area contributed by atoms with Crippen LogP contribution in [0.15, 0.2) is 91.5 Å². The molecule has 6 heteroatoms. The molecule has 0 unspecified atom stereocenters. The second kappa shape index (κ2) is 12.2. The molecule has 0 aromatic heterocycles. The van der Waals surface area contributed by atoms with Gasteiger partial charge >= 0.3 is 0 Å². The van der Waals surface area contributed by atoms with Gasteiger partial charge in [0.15, 0.2) is 0 Å². The van der Waals surface area contributed by atoms with Crippen molar-refractivity contribution in [3.05, 3.63) is 113 Å². The number of primary amides is 1. The maximum atomic E-state index is 13.1. The van der Waals surface area contributed by atoms with Crippen molar-refractivity contribution in [1.82, 2.24) is 4.90 Å². The fourth-order valence-electron chi connectivity index (χ4n) is 5.11. The Morgan fingerprint density at radius 1 is 1.03 bits per heavy atom. The number of likely N-dealkylation sites (tertiary alicyclic amines) is 1. The highest BCUT2D eigenvalue weighted by Crippen LogP contribution is 2.40. The minimum atomic E-state index is -0.888. The molecule has 2 N–H and O–H groups in total. The third-order valence-electron chi connectivity index (χ3n) is 7.61. The number of carbonyl (C=O) groups is 1. The maximum Gasteiger partial charge on any atom is 0.232 e. The van der Waals surface area contributed by atoms with E-state index in [-0.39, 0.29) is 17.6 Å². The first-order chi connectivity index (χ1) is 18.3. The van der Waals surface area contributed by atoms with E-state index in [1.54, 1.807) is 6.08 Å². The van der Waals surface area contributed by atoms with Crippen LogP contribution in [0, 0.1) is 0 Å². The molecule has 3 aromatic carbocycles. The third-order valence-corrected chi connectivity index (χ3v) is 7.90. The van der Waals surface area contributed by atoms with Gasteiger partial charge in [-0.05, 0) is 55.5 Å². The molecule has 0 spiro atoms. The number of hydrogen-bond acceptors (Lipinski definition) is 4. The van der Waals surface area contributed by atoms with Crippen molar-refractivity contribution in [2.45, 2.75) is 50.4 Å². The van der Waals surface area contributed by atoms with E-state index in [4.69, 9.17) is 26.8 Å². The number of benzene rings is 3. The summed E-state index contributed by atoms with van der Waals surface area (Å²) >= 11 is 6.34. The summed E-state index contributed by atoms with van der Waals surface area (Å²) in [5, 5.41) is 0.569. The fraction of sp³-hybridized carbons (Fsp3) is 0.344. The van der Waals surface area contributed by atoms with Crippen LogP contribution in [0.3, 0.4) is 0 Å². The number of halogens is 1. The number of amides is 1. The molecular weight excluding hydrogens is 496 g/mol. The molecule has 1 fully saturated rings. The minimum Gasteiger partial charge on any atom is -0.488 e. The van der Waals surface area contributed by atoms with Crippen LogP contribution in [0.2, 0.25) is 5.02 Å². The van der Waals surface area contributed by atoms with Crippen LogP contribution < -0.4 is 10.5 Å². The predicted molar refractivity (Wildman–Crippen MR) is 153 cm³/mol. The molecule has 1 amide bonds. The Bertz CT molecular complexity index is 1180. The van der Waals surface area contributed by atoms with Gasteiger partial charge in [-0.15, -0.1) is 0 Å². The highest BCUT2D eigenvalue weighted by Gasteiger charge is 2.44. The van der Waals surface area contributed by atoms with E-state index in [1.807, 2.05) is 78.9 Å². The highest BCUT2D eigenvalue weighted by molar-refractivity contribution is 6.32. The molecule has 5 nitrogen and oxygen atoms in total. The lowest BCUT2D eigenvalue weighted by Crippen LogP contribution is -2.61. The van der Waals surface area contributed by atoms with Gasteiger partial charge in [-0.2, -0.15) is 0 Å². The van der Waals surface area contributed by atoms with Gasteiger partial charge in [-0.1, -0.05) is 91.0 Å². The van der Waals surface area contributed by atoms with E-state index in [1.165, 1.54) is 0 Å². The number of carbonyl (C=O) groups excluding carboxylic acids is 1. The monoisotopic (exact) mass is 532 g/mol. The van der Waals surface area contributed by atoms with Crippen molar-refractivity contribution in [1.29, 1.82) is 0 Å². The van der Waals surface area contributed by atoms with Crippen LogP contribution in [0.25, 0.3) is 0 Å². The molecule has 0 atom stereocenters. The van der Waals surface area contributed by atoms with Crippen LogP contribution in [0.1, 0.15) is 43.4 Å². The van der Waals surface area contributed by atoms with Crippen molar-refractivity contribution in [2.24, 2.45) is 5.73 Å². The smallest absolute Gasteiger partial charge is 0.232 e. The zero-order chi connectivity index (χ0) is 27.2. The zero-order valence-corrected chi connectivity index (χ0v) is 23.0. The average Bonchev–Trinajstić information content (AvgIpc) is 2.88. The van der Waals surface area contributed by atoms with Crippen molar-refractivity contribution in [3.8, 4) is 5.75 Å². The van der Waals surface area contributed by atoms with Gasteiger partial charge in [0, 0.05) is 18.6 Å². The zero-order valence-electron chi connectivity index (χ0n) is 22.2. The average molecular weight is 533 g/mol. The first-order valence-corrected chi connectivity index (χ1v) is 13.4. The lowest BCUT2D eigenvalue weighted by molar-refractivity contribution is -0.123. The second-order valence-corrected chi connectivity index (χ2v) is 10.9. The van der Waals surface area contributed by atoms with Gasteiger partial charge in [0.1, 0.15) is 12.4 Å². The summed E-state index contributed by atoms with van der Waals surface area (Å²) in [5.41, 5.74) is 8.01. The number of nitrogens with zero attached hydrogens (tertiary/aromatic N) is 1. The molecule has 200 valence electrons. The van der Waals surface area contributed by atoms with E-state index < -0.39 is 5.41 Å². The standard InChI is InChI=1S/C32H37ClN2O3/c1-4-19-37-29-16-15-24(20-28(29)33)23-38-27-21-35(22-27)31(2,3)17-18-32(30(34)36,25-11-7-5-8-12-25)26-13-9-6-10-14-26/h4-16,20,27H,1,17-19,21-23H2,2-3H3,(H2,34,36). The Morgan fingerprint density at radius 3 is 2.16 bits per heavy atom. The first kappa shape index (κ1) is 27.9. The Labute approximate surface area is 231 Å². The number of hydrogen-bond donors (Lipinski definition) is 1. The van der Waals surface area contributed by atoms with E-state index in [9.17, 15) is 4.79 Å². The largest absolute Gasteiger partial charge is 0.488 e. The molecule has 3 aromatic rings. The van der Waals surface area contributed by atoms with Gasteiger partial charge < -0.3 is 15.2 Å². The topological polar surface area (TPSA) is 64.8 Å². The van der Waals surface area contributed by atoms with Crippen molar-refractivity contribution in [3.63, 3.8) is 0 Å². The second-order valence-electron chi connectivity index (χ2n) is 10.5. The summed E-state index contributed by atoms with van der Waals surface area (Å²) < 4.78 is 11.7. The first-order valence-electron chi connectivity index (χ1n) is 13.1. The van der Waals surface area contributed by atoms with E-state index in [2.05, 4.69) is 25.3 Å². The molecule has 1 aliphatic heterocycles. The summed E-state index contributed by atoms with van der Waals surface area (Å²) in [4.78, 5) is 15.5. The van der Waals surface area contributed by atoms with Crippen LogP contribution in [0.5, 0.6) is 5.75 Å². The molecule has 0 aliphatic carbocycles. The lowest BCUT2D eigenvalue weighted by atomic mass is 9.69. The van der Waals surface area contributed by atoms with Crippen molar-refractivity contribution >= 4 is 17.5 Å². The molecule has 1 heterocycles. The van der Waals surface area contributed by atoms with E-state index in [0.717, 1.165) is 36.2 Å². The quantitative estimate of drug-likeness (QED) is 0.269. The lowest BCUT2D eigenvalue weighted by Gasteiger charge is -2.50. The van der Waals surface area contributed by atoms with Gasteiger partial charge in [-0.25, -0.2) is 0 Å². The Kier molecular flexibility index (Phi) is 8.93. The van der Waals surface area contributed by atoms with Crippen LogP contribution >= 0.6 is 11.6 Å². The van der Waals surface area contributed by atoms with Crippen LogP contribution in [0.4, 0.5) is 0 Å². The normalized spacial score (nSPS) is 14.6. The Balaban J connectivity index is 1.38. The SMILES string of the molecule is C=CCOc1ccc(COC2CN(C(C)(C)CCC(C(N)=O)(c3ccccc3)c3ccccc3)C2)cc1Cl. The van der Waals surface area contributed by atoms with E-state index >= 15 is 0 Å². The molecular formula is C32H37ClN2O3. The van der Waals surface area contributed by atoms with E-state index in [0.29, 0.717) is 30.4 Å². The highest BCUT2D eigenvalue weighted by atomic mass is 35.5. The van der Waals surface area contributed by atoms with Gasteiger partial charge in [0.2, 0.25) is 5.91 Å². The summed E-state index contributed by atoms with van der Waals surface area (Å²) in [6, 6.07) is 25.5. The molecule has 1 saturated heterocycles. The van der Waals surface area contributed by atoms with Crippen LogP contribution in [-0.2, 0) is 21.6 Å². The van der Waals surface area contributed by atoms with Gasteiger partial charge in [0.25, 0.3) is 0 Å². The molecule has 4 rings (SSSR count). The number of nitrogens with two attached hydrogens (primary N) is 1. The molecule has 1 aliphatic rings. The summed E-state index contributed by atoms with van der Waals surface area (Å²) in [7, 11) is 0. The minimum absolute atomic E-state index is 0.127. The number of ether oxygens (including phenoxy) is 2. The van der Waals surface area contributed by atoms with Crippen molar-refractivity contribution in [2.75, 3.05) is 19.7 Å². The Hall–Kier alpha value is -3.12. The third kappa shape index (κ3) is 6.12. The maximum absolute atomic E-state index is 13.1. The van der Waals surface area contributed by atoms with Gasteiger partial charge in [-0.3, -0.25) is 9.69 Å². The molecule has 0 radical (unpaired) electrons. The molecule has 0 bridgehead atoms. The molecule has 38 heavy (non-hydrogen) atoms. The fourth-order valence-corrected chi connectivity index (χ4v) is 5.37. The number of rotatable bonds is 13. The summed E-state index contributed by atoms with van der Waals surface area (Å²) in [6.45, 7) is 10.7. The van der Waals surface area contributed by atoms with Crippen molar-refractivity contribution < 1.29 is 14.3 Å². The summed E-state index contributed by atoms with van der Waals surface area (Å²) in [6.07, 6.45) is 3.25. The van der Waals surface area contributed by atoms with Gasteiger partial charge in [0.05, 0.1) is 23.1 Å². The van der Waals surface area contributed by atoms with Crippen LogP contribution in [-0.4, -0.2) is 42.1 Å². The summed E-state index contributed by atoms with van der Waals surface area (Å²) in [5.74, 6) is 0.319. The Morgan fingerprint density at radius 2 is 1.63 bits per heavy atom. The predicted octanol–water partition coefficient (Wildman–Crippen LogP) is 6.14.